The molecule has 0 aromatic rings. The second-order valence-electron chi connectivity index (χ2n) is 5.98. The highest BCUT2D eigenvalue weighted by atomic mass is 16.4. The average molecular weight is 214 g/mol. The summed E-state index contributed by atoms with van der Waals surface area (Å²) in [6, 6.07) is 0.189. The molecule has 0 aliphatic heterocycles. The van der Waals surface area contributed by atoms with Gasteiger partial charge in [-0.1, -0.05) is 20.8 Å². The molecule has 0 radical (unpaired) electrons. The molecule has 0 saturated heterocycles. The maximum absolute atomic E-state index is 10.5. The summed E-state index contributed by atoms with van der Waals surface area (Å²) in [5, 5.41) is 11.1. The molecular formula is C11H22N2O2. The van der Waals surface area contributed by atoms with Gasteiger partial charge in [-0.3, -0.25) is 0 Å². The largest absolute Gasteiger partial charge is 0.465 e. The molecule has 1 amide bonds. The third-order valence-corrected chi connectivity index (χ3v) is 3.14. The van der Waals surface area contributed by atoms with Gasteiger partial charge in [0.05, 0.1) is 0 Å². The fraction of sp³-hybridized carbons (Fsp3) is 0.909. The summed E-state index contributed by atoms with van der Waals surface area (Å²) in [6.07, 6.45) is 1.99. The molecule has 0 heterocycles. The maximum Gasteiger partial charge on any atom is 0.404 e. The normalized spacial score (nSPS) is 34.8. The van der Waals surface area contributed by atoms with Gasteiger partial charge in [0.15, 0.2) is 0 Å². The highest BCUT2D eigenvalue weighted by Gasteiger charge is 2.40. The smallest absolute Gasteiger partial charge is 0.404 e. The van der Waals surface area contributed by atoms with Crippen LogP contribution < -0.4 is 11.1 Å². The third-order valence-electron chi connectivity index (χ3n) is 3.14. The first-order valence-electron chi connectivity index (χ1n) is 5.45. The van der Waals surface area contributed by atoms with Gasteiger partial charge >= 0.3 is 6.09 Å². The Kier molecular flexibility index (Phi) is 3.28. The molecule has 1 aliphatic carbocycles. The van der Waals surface area contributed by atoms with E-state index in [9.17, 15) is 4.79 Å². The number of rotatable bonds is 2. The van der Waals surface area contributed by atoms with Gasteiger partial charge in [0.2, 0.25) is 0 Å². The van der Waals surface area contributed by atoms with Crippen molar-refractivity contribution in [2.45, 2.75) is 46.1 Å². The summed E-state index contributed by atoms with van der Waals surface area (Å²) in [4.78, 5) is 10.5. The SMILES string of the molecule is CC1(C)CC(N)CC(C)(CNC(=O)O)C1. The Labute approximate surface area is 91.2 Å². The first kappa shape index (κ1) is 12.3. The van der Waals surface area contributed by atoms with Crippen molar-refractivity contribution in [1.29, 1.82) is 0 Å². The fourth-order valence-corrected chi connectivity index (χ4v) is 3.14. The summed E-state index contributed by atoms with van der Waals surface area (Å²) < 4.78 is 0. The van der Waals surface area contributed by atoms with Gasteiger partial charge in [-0.2, -0.15) is 0 Å². The van der Waals surface area contributed by atoms with Crippen LogP contribution >= 0.6 is 0 Å². The van der Waals surface area contributed by atoms with Crippen LogP contribution in [0.4, 0.5) is 4.79 Å². The third kappa shape index (κ3) is 3.70. The van der Waals surface area contributed by atoms with E-state index >= 15 is 0 Å². The van der Waals surface area contributed by atoms with Gasteiger partial charge in [-0.25, -0.2) is 4.79 Å². The molecule has 4 heteroatoms. The number of carboxylic acid groups (broad SMARTS) is 1. The molecule has 15 heavy (non-hydrogen) atoms. The molecule has 0 aromatic heterocycles. The Morgan fingerprint density at radius 2 is 2.07 bits per heavy atom. The first-order chi connectivity index (χ1) is 6.72. The molecule has 0 bridgehead atoms. The minimum atomic E-state index is -0.951. The van der Waals surface area contributed by atoms with Crippen molar-refractivity contribution in [2.75, 3.05) is 6.54 Å². The van der Waals surface area contributed by atoms with Gasteiger partial charge in [0.1, 0.15) is 0 Å². The molecule has 4 nitrogen and oxygen atoms in total. The van der Waals surface area contributed by atoms with Crippen molar-refractivity contribution in [3.8, 4) is 0 Å². The summed E-state index contributed by atoms with van der Waals surface area (Å²) in [5.41, 5.74) is 6.23. The highest BCUT2D eigenvalue weighted by Crippen LogP contribution is 2.45. The predicted octanol–water partition coefficient (Wildman–Crippen LogP) is 1.80. The lowest BCUT2D eigenvalue weighted by atomic mass is 9.63. The van der Waals surface area contributed by atoms with Crippen molar-refractivity contribution < 1.29 is 9.90 Å². The van der Waals surface area contributed by atoms with Gasteiger partial charge in [0.25, 0.3) is 0 Å². The quantitative estimate of drug-likeness (QED) is 0.656. The van der Waals surface area contributed by atoms with Crippen LogP contribution in [0.15, 0.2) is 0 Å². The fourth-order valence-electron chi connectivity index (χ4n) is 3.14. The van der Waals surface area contributed by atoms with Gasteiger partial charge < -0.3 is 16.2 Å². The number of carbonyl (C=O) groups is 1. The zero-order chi connectivity index (χ0) is 11.7. The van der Waals surface area contributed by atoms with E-state index < -0.39 is 6.09 Å². The van der Waals surface area contributed by atoms with Gasteiger partial charge in [-0.15, -0.1) is 0 Å². The van der Waals surface area contributed by atoms with E-state index in [0.717, 1.165) is 19.3 Å². The second kappa shape index (κ2) is 4.00. The molecule has 2 unspecified atom stereocenters. The molecule has 88 valence electrons. The van der Waals surface area contributed by atoms with E-state index in [1.54, 1.807) is 0 Å². The predicted molar refractivity (Wildman–Crippen MR) is 59.7 cm³/mol. The van der Waals surface area contributed by atoms with Crippen molar-refractivity contribution in [3.63, 3.8) is 0 Å². The lowest BCUT2D eigenvalue weighted by molar-refractivity contribution is 0.0816. The monoisotopic (exact) mass is 214 g/mol. The standard InChI is InChI=1S/C11H22N2O2/c1-10(2)4-8(12)5-11(3,6-10)7-13-9(14)15/h8,13H,4-7,12H2,1-3H3,(H,14,15). The van der Waals surface area contributed by atoms with Crippen LogP contribution in [0, 0.1) is 10.8 Å². The van der Waals surface area contributed by atoms with Crippen molar-refractivity contribution >= 4 is 6.09 Å². The molecule has 1 rings (SSSR count). The van der Waals surface area contributed by atoms with Crippen molar-refractivity contribution in [2.24, 2.45) is 16.6 Å². The number of hydrogen-bond donors (Lipinski definition) is 3. The van der Waals surface area contributed by atoms with Crippen LogP contribution in [0.5, 0.6) is 0 Å². The van der Waals surface area contributed by atoms with Crippen LogP contribution in [0.25, 0.3) is 0 Å². The number of nitrogens with one attached hydrogen (secondary N) is 1. The molecule has 1 saturated carbocycles. The van der Waals surface area contributed by atoms with E-state index in [1.165, 1.54) is 0 Å². The molecule has 4 N–H and O–H groups in total. The minimum Gasteiger partial charge on any atom is -0.465 e. The molecular weight excluding hydrogens is 192 g/mol. The Balaban J connectivity index is 2.62. The first-order valence-corrected chi connectivity index (χ1v) is 5.45. The lowest BCUT2D eigenvalue weighted by Gasteiger charge is -2.45. The van der Waals surface area contributed by atoms with Gasteiger partial charge in [0, 0.05) is 12.6 Å². The Hall–Kier alpha value is -0.770. The molecule has 1 fully saturated rings. The number of amides is 1. The van der Waals surface area contributed by atoms with Gasteiger partial charge in [-0.05, 0) is 30.1 Å². The molecule has 1 aliphatic rings. The maximum atomic E-state index is 10.5. The number of hydrogen-bond acceptors (Lipinski definition) is 2. The van der Waals surface area contributed by atoms with Crippen LogP contribution in [-0.2, 0) is 0 Å². The van der Waals surface area contributed by atoms with Crippen LogP contribution in [0.1, 0.15) is 40.0 Å². The second-order valence-corrected chi connectivity index (χ2v) is 5.98. The Morgan fingerprint density at radius 1 is 1.47 bits per heavy atom. The van der Waals surface area contributed by atoms with E-state index in [-0.39, 0.29) is 16.9 Å². The lowest BCUT2D eigenvalue weighted by Crippen LogP contribution is -2.47. The van der Waals surface area contributed by atoms with Crippen LogP contribution in [-0.4, -0.2) is 23.8 Å². The zero-order valence-corrected chi connectivity index (χ0v) is 9.84. The minimum absolute atomic E-state index is 0.000440. The summed E-state index contributed by atoms with van der Waals surface area (Å²) in [6.45, 7) is 7.01. The summed E-state index contributed by atoms with van der Waals surface area (Å²) in [5.74, 6) is 0. The molecule has 2 atom stereocenters. The summed E-state index contributed by atoms with van der Waals surface area (Å²) in [7, 11) is 0. The van der Waals surface area contributed by atoms with Crippen LogP contribution in [0.2, 0.25) is 0 Å². The van der Waals surface area contributed by atoms with Crippen molar-refractivity contribution in [1.82, 2.24) is 5.32 Å². The van der Waals surface area contributed by atoms with E-state index in [4.69, 9.17) is 10.8 Å². The topological polar surface area (TPSA) is 75.3 Å². The zero-order valence-electron chi connectivity index (χ0n) is 9.84. The number of nitrogens with two attached hydrogens (primary N) is 1. The average Bonchev–Trinajstić information content (AvgIpc) is 1.96. The molecule has 0 spiro atoms. The van der Waals surface area contributed by atoms with E-state index in [0.29, 0.717) is 6.54 Å². The molecule has 0 aromatic carbocycles. The highest BCUT2D eigenvalue weighted by molar-refractivity contribution is 5.64. The Morgan fingerprint density at radius 3 is 2.53 bits per heavy atom. The Bertz CT molecular complexity index is 253. The summed E-state index contributed by atoms with van der Waals surface area (Å²) >= 11 is 0. The van der Waals surface area contributed by atoms with E-state index in [1.807, 2.05) is 0 Å². The van der Waals surface area contributed by atoms with Crippen LogP contribution in [0.3, 0.4) is 0 Å². The van der Waals surface area contributed by atoms with E-state index in [2.05, 4.69) is 26.1 Å². The van der Waals surface area contributed by atoms with Crippen molar-refractivity contribution in [3.05, 3.63) is 0 Å².